The molecule has 0 heterocycles. The monoisotopic (exact) mass is 164 g/mol. The van der Waals surface area contributed by atoms with E-state index >= 15 is 0 Å². The fraction of sp³-hybridized carbons (Fsp3) is 0. The van der Waals surface area contributed by atoms with Crippen molar-refractivity contribution < 1.29 is 29.6 Å². The first-order valence-corrected chi connectivity index (χ1v) is 3.40. The third kappa shape index (κ3) is 9.46. The van der Waals surface area contributed by atoms with Crippen LogP contribution in [0.2, 0.25) is 0 Å². The van der Waals surface area contributed by atoms with Gasteiger partial charge in [0.15, 0.2) is 0 Å². The zero-order valence-electron chi connectivity index (χ0n) is 3.17. The maximum atomic E-state index is 4.42. The molecule has 0 aliphatic heterocycles. The molecule has 0 aliphatic carbocycles. The van der Waals surface area contributed by atoms with Crippen molar-refractivity contribution in [3.8, 4) is 0 Å². The van der Waals surface area contributed by atoms with Gasteiger partial charge in [-0.3, -0.25) is 10.8 Å². The summed E-state index contributed by atoms with van der Waals surface area (Å²) in [6.07, 6.45) is 0. The average molecular weight is 164 g/mol. The molecule has 0 aromatic rings. The van der Waals surface area contributed by atoms with Gasteiger partial charge in [0, 0.05) is 0 Å². The number of thiocarbonyl (C=S) groups is 1. The first-order valence-electron chi connectivity index (χ1n) is 0.799. The Bertz CT molecular complexity index is 42.8. The van der Waals surface area contributed by atoms with E-state index in [-0.39, 0.29) is 29.6 Å². The number of hydrogen-bond donors (Lipinski definition) is 1. The Morgan fingerprint density at radius 3 is 2.00 bits per heavy atom. The van der Waals surface area contributed by atoms with Crippen LogP contribution in [0.4, 0.5) is 0 Å². The zero-order valence-corrected chi connectivity index (χ0v) is 8.52. The van der Waals surface area contributed by atoms with Crippen LogP contribution < -0.4 is 29.6 Å². The largest absolute Gasteiger partial charge is 1.00 e. The molecule has 0 bridgehead atoms. The second-order valence-corrected chi connectivity index (χ2v) is 3.14. The van der Waals surface area contributed by atoms with Crippen LogP contribution in [0.1, 0.15) is 0 Å². The summed E-state index contributed by atoms with van der Waals surface area (Å²) in [5.41, 5.74) is 0. The summed E-state index contributed by atoms with van der Waals surface area (Å²) in [6, 6.07) is 0. The Balaban J connectivity index is 0. The van der Waals surface area contributed by atoms with E-state index in [0.717, 1.165) is 10.8 Å². The van der Waals surface area contributed by atoms with Crippen LogP contribution in [0, 0.1) is 0 Å². The van der Waals surface area contributed by atoms with Crippen LogP contribution in [0.3, 0.4) is 0 Å². The number of rotatable bonds is 0. The Labute approximate surface area is 79.3 Å². The van der Waals surface area contributed by atoms with Crippen LogP contribution in [0.25, 0.3) is 0 Å². The fourth-order valence-electron chi connectivity index (χ4n) is 0. The predicted octanol–water partition coefficient (Wildman–Crippen LogP) is -1.60. The van der Waals surface area contributed by atoms with E-state index in [1.165, 1.54) is 0 Å². The molecule has 0 saturated carbocycles. The van der Waals surface area contributed by atoms with E-state index in [9.17, 15) is 0 Å². The molecule has 0 aliphatic rings. The second kappa shape index (κ2) is 7.14. The summed E-state index contributed by atoms with van der Waals surface area (Å²) in [4.78, 5) is 0. The van der Waals surface area contributed by atoms with Gasteiger partial charge in [0.25, 0.3) is 0 Å². The molecule has 0 aromatic heterocycles. The summed E-state index contributed by atoms with van der Waals surface area (Å²) in [7, 11) is 1.06. The first kappa shape index (κ1) is 11.0. The summed E-state index contributed by atoms with van der Waals surface area (Å²) in [5, 5.41) is 0. The SMILES string of the molecule is S=C(S)S[S-].[Na+]. The molecule has 0 atom stereocenters. The second-order valence-electron chi connectivity index (χ2n) is 0.349. The molecule has 0 spiro atoms. The maximum Gasteiger partial charge on any atom is 1.00 e. The molecular formula is CHNaS4. The Hall–Kier alpha value is 2.14. The molecular weight excluding hydrogens is 163 g/mol. The van der Waals surface area contributed by atoms with Gasteiger partial charge in [0.05, 0.1) is 3.53 Å². The van der Waals surface area contributed by atoms with Crippen LogP contribution in [0.15, 0.2) is 0 Å². The predicted molar refractivity (Wildman–Crippen MR) is 36.5 cm³/mol. The van der Waals surface area contributed by atoms with Crippen LogP contribution in [-0.4, -0.2) is 3.53 Å². The van der Waals surface area contributed by atoms with Crippen molar-refractivity contribution in [3.05, 3.63) is 0 Å². The third-order valence-electron chi connectivity index (χ3n) is 0.0713. The molecule has 0 fully saturated rings. The molecule has 0 nitrogen and oxygen atoms in total. The van der Waals surface area contributed by atoms with E-state index in [1.807, 2.05) is 0 Å². The van der Waals surface area contributed by atoms with Gasteiger partial charge in [0.1, 0.15) is 0 Å². The summed E-state index contributed by atoms with van der Waals surface area (Å²) < 4.78 is 0.514. The van der Waals surface area contributed by atoms with Gasteiger partial charge < -0.3 is 11.7 Å². The van der Waals surface area contributed by atoms with Crippen LogP contribution in [0.5, 0.6) is 0 Å². The minimum absolute atomic E-state index is 0. The van der Waals surface area contributed by atoms with Crippen molar-refractivity contribution >= 4 is 50.8 Å². The normalized spacial score (nSPS) is 6.33. The van der Waals surface area contributed by atoms with Gasteiger partial charge in [-0.15, -0.1) is 12.6 Å². The van der Waals surface area contributed by atoms with E-state index < -0.39 is 0 Å². The average Bonchev–Trinajstić information content (AvgIpc) is 1.38. The van der Waals surface area contributed by atoms with Crippen molar-refractivity contribution in [3.63, 3.8) is 0 Å². The molecule has 0 amide bonds. The Morgan fingerprint density at radius 1 is 1.83 bits per heavy atom. The number of hydrogen-bond acceptors (Lipinski definition) is 3. The topological polar surface area (TPSA) is 0 Å². The standard InChI is InChI=1S/CH2S4.Na/c2-1(3)5-4;/h4H,(H,2,3);/q;+1/p-1. The smallest absolute Gasteiger partial charge is 0.713 e. The van der Waals surface area contributed by atoms with E-state index in [4.69, 9.17) is 0 Å². The number of thiol groups is 1. The zero-order chi connectivity index (χ0) is 4.28. The third-order valence-corrected chi connectivity index (χ3v) is 1.92. The first-order chi connectivity index (χ1) is 2.27. The molecule has 0 unspecified atom stereocenters. The van der Waals surface area contributed by atoms with Crippen LogP contribution in [-0.2, 0) is 11.7 Å². The fourth-order valence-corrected chi connectivity index (χ4v) is 0. The maximum absolute atomic E-state index is 4.42. The van der Waals surface area contributed by atoms with E-state index in [1.54, 1.807) is 0 Å². The van der Waals surface area contributed by atoms with E-state index in [2.05, 4.69) is 36.5 Å². The van der Waals surface area contributed by atoms with Crippen LogP contribution >= 0.6 is 35.6 Å². The quantitative estimate of drug-likeness (QED) is 0.151. The minimum atomic E-state index is 0. The minimum Gasteiger partial charge on any atom is -0.713 e. The molecule has 0 rings (SSSR count). The molecule has 0 aromatic carbocycles. The van der Waals surface area contributed by atoms with E-state index in [0.29, 0.717) is 3.53 Å². The van der Waals surface area contributed by atoms with Gasteiger partial charge in [0.2, 0.25) is 0 Å². The van der Waals surface area contributed by atoms with Crippen molar-refractivity contribution in [2.45, 2.75) is 0 Å². The molecule has 6 heavy (non-hydrogen) atoms. The summed E-state index contributed by atoms with van der Waals surface area (Å²) in [5.74, 6) is 0. The molecule has 0 N–H and O–H groups in total. The van der Waals surface area contributed by atoms with Crippen molar-refractivity contribution in [1.82, 2.24) is 0 Å². The van der Waals surface area contributed by atoms with Gasteiger partial charge in [-0.25, -0.2) is 0 Å². The summed E-state index contributed by atoms with van der Waals surface area (Å²) in [6.45, 7) is 0. The van der Waals surface area contributed by atoms with Gasteiger partial charge in [-0.05, 0) is 0 Å². The van der Waals surface area contributed by atoms with Crippen molar-refractivity contribution in [1.29, 1.82) is 0 Å². The van der Waals surface area contributed by atoms with Gasteiger partial charge >= 0.3 is 29.6 Å². The van der Waals surface area contributed by atoms with Crippen molar-refractivity contribution in [2.75, 3.05) is 0 Å². The Kier molecular flexibility index (Phi) is 13.1. The Morgan fingerprint density at radius 2 is 2.00 bits per heavy atom. The summed E-state index contributed by atoms with van der Waals surface area (Å²) >= 11 is 12.5. The van der Waals surface area contributed by atoms with Gasteiger partial charge in [-0.2, -0.15) is 0 Å². The van der Waals surface area contributed by atoms with Crippen molar-refractivity contribution in [2.24, 2.45) is 0 Å². The molecule has 30 valence electrons. The molecule has 5 heteroatoms. The van der Waals surface area contributed by atoms with Gasteiger partial charge in [-0.1, -0.05) is 12.2 Å². The molecule has 0 saturated heterocycles. The molecule has 0 radical (unpaired) electrons.